The summed E-state index contributed by atoms with van der Waals surface area (Å²) >= 11 is 0. The SMILES string of the molecule is CCOC(=O)C1CNCCN1C(COC)C1CC1. The van der Waals surface area contributed by atoms with Gasteiger partial charge in [-0.2, -0.15) is 0 Å². The van der Waals surface area contributed by atoms with Crippen LogP contribution in [-0.4, -0.2) is 62.9 Å². The maximum atomic E-state index is 12.0. The van der Waals surface area contributed by atoms with Gasteiger partial charge in [-0.1, -0.05) is 0 Å². The summed E-state index contributed by atoms with van der Waals surface area (Å²) in [6.07, 6.45) is 2.51. The maximum absolute atomic E-state index is 12.0. The van der Waals surface area contributed by atoms with Crippen molar-refractivity contribution in [3.63, 3.8) is 0 Å². The lowest BCUT2D eigenvalue weighted by molar-refractivity contribution is -0.152. The summed E-state index contributed by atoms with van der Waals surface area (Å²) in [5.41, 5.74) is 0. The van der Waals surface area contributed by atoms with Crippen molar-refractivity contribution in [3.05, 3.63) is 0 Å². The van der Waals surface area contributed by atoms with Crippen LogP contribution in [0.3, 0.4) is 0 Å². The Hall–Kier alpha value is -0.650. The predicted molar refractivity (Wildman–Crippen MR) is 68.4 cm³/mol. The van der Waals surface area contributed by atoms with Gasteiger partial charge in [0.05, 0.1) is 13.2 Å². The number of hydrogen-bond donors (Lipinski definition) is 1. The second-order valence-electron chi connectivity index (χ2n) is 5.07. The van der Waals surface area contributed by atoms with Gasteiger partial charge in [0.25, 0.3) is 0 Å². The van der Waals surface area contributed by atoms with Gasteiger partial charge in [0.15, 0.2) is 0 Å². The van der Waals surface area contributed by atoms with Gasteiger partial charge in [-0.15, -0.1) is 0 Å². The van der Waals surface area contributed by atoms with Gasteiger partial charge >= 0.3 is 5.97 Å². The number of piperazine rings is 1. The van der Waals surface area contributed by atoms with Crippen molar-refractivity contribution < 1.29 is 14.3 Å². The first-order valence-electron chi connectivity index (χ1n) is 6.90. The Labute approximate surface area is 109 Å². The van der Waals surface area contributed by atoms with E-state index in [0.29, 0.717) is 31.7 Å². The summed E-state index contributed by atoms with van der Waals surface area (Å²) in [7, 11) is 1.73. The summed E-state index contributed by atoms with van der Waals surface area (Å²) in [6.45, 7) is 5.52. The van der Waals surface area contributed by atoms with E-state index in [4.69, 9.17) is 9.47 Å². The van der Waals surface area contributed by atoms with E-state index in [1.54, 1.807) is 7.11 Å². The van der Waals surface area contributed by atoms with Crippen LogP contribution in [0.25, 0.3) is 0 Å². The van der Waals surface area contributed by atoms with E-state index >= 15 is 0 Å². The average Bonchev–Trinajstić information content (AvgIpc) is 3.20. The van der Waals surface area contributed by atoms with E-state index in [2.05, 4.69) is 10.2 Å². The monoisotopic (exact) mass is 256 g/mol. The minimum absolute atomic E-state index is 0.105. The fourth-order valence-electron chi connectivity index (χ4n) is 2.73. The van der Waals surface area contributed by atoms with Crippen molar-refractivity contribution in [3.8, 4) is 0 Å². The van der Waals surface area contributed by atoms with Crippen LogP contribution >= 0.6 is 0 Å². The molecule has 18 heavy (non-hydrogen) atoms. The number of carbonyl (C=O) groups excluding carboxylic acids is 1. The zero-order valence-corrected chi connectivity index (χ0v) is 11.4. The first-order chi connectivity index (χ1) is 8.77. The minimum Gasteiger partial charge on any atom is -0.465 e. The lowest BCUT2D eigenvalue weighted by Gasteiger charge is -2.40. The van der Waals surface area contributed by atoms with Crippen LogP contribution in [0.2, 0.25) is 0 Å². The van der Waals surface area contributed by atoms with E-state index in [1.165, 1.54) is 12.8 Å². The van der Waals surface area contributed by atoms with E-state index < -0.39 is 0 Å². The van der Waals surface area contributed by atoms with Crippen LogP contribution in [0.5, 0.6) is 0 Å². The maximum Gasteiger partial charge on any atom is 0.324 e. The zero-order valence-electron chi connectivity index (χ0n) is 11.4. The largest absolute Gasteiger partial charge is 0.465 e. The number of esters is 1. The lowest BCUT2D eigenvalue weighted by atomic mass is 10.1. The quantitative estimate of drug-likeness (QED) is 0.690. The van der Waals surface area contributed by atoms with Crippen molar-refractivity contribution in [2.75, 3.05) is 40.0 Å². The van der Waals surface area contributed by atoms with Gasteiger partial charge in [-0.25, -0.2) is 0 Å². The molecule has 0 aromatic heterocycles. The predicted octanol–water partition coefficient (Wildman–Crippen LogP) is 0.248. The summed E-state index contributed by atoms with van der Waals surface area (Å²) in [5.74, 6) is 0.589. The zero-order chi connectivity index (χ0) is 13.0. The molecule has 0 bridgehead atoms. The summed E-state index contributed by atoms with van der Waals surface area (Å²) in [5, 5.41) is 3.28. The molecule has 2 fully saturated rings. The smallest absolute Gasteiger partial charge is 0.324 e. The van der Waals surface area contributed by atoms with Crippen molar-refractivity contribution in [1.82, 2.24) is 10.2 Å². The molecule has 1 saturated carbocycles. The third kappa shape index (κ3) is 3.22. The number of rotatable bonds is 6. The number of hydrogen-bond acceptors (Lipinski definition) is 5. The molecule has 5 heteroatoms. The number of nitrogens with zero attached hydrogens (tertiary/aromatic N) is 1. The molecule has 1 aliphatic carbocycles. The molecule has 0 radical (unpaired) electrons. The molecule has 1 heterocycles. The summed E-state index contributed by atoms with van der Waals surface area (Å²) < 4.78 is 10.5. The Balaban J connectivity index is 2.02. The highest BCUT2D eigenvalue weighted by Crippen LogP contribution is 2.36. The molecule has 0 amide bonds. The molecule has 0 aromatic rings. The van der Waals surface area contributed by atoms with Crippen molar-refractivity contribution in [2.45, 2.75) is 31.8 Å². The number of carbonyl (C=O) groups is 1. The van der Waals surface area contributed by atoms with E-state index in [9.17, 15) is 4.79 Å². The normalized spacial score (nSPS) is 26.9. The molecular weight excluding hydrogens is 232 g/mol. The molecule has 5 nitrogen and oxygen atoms in total. The molecule has 1 N–H and O–H groups in total. The van der Waals surface area contributed by atoms with Crippen LogP contribution in [0.15, 0.2) is 0 Å². The molecule has 2 rings (SSSR count). The van der Waals surface area contributed by atoms with E-state index in [1.807, 2.05) is 6.92 Å². The molecule has 0 aromatic carbocycles. The lowest BCUT2D eigenvalue weighted by Crippen LogP contribution is -2.60. The molecule has 104 valence electrons. The van der Waals surface area contributed by atoms with Crippen LogP contribution in [0, 0.1) is 5.92 Å². The molecule has 0 spiro atoms. The minimum atomic E-state index is -0.153. The summed E-state index contributed by atoms with van der Waals surface area (Å²) in [4.78, 5) is 14.3. The molecule has 1 saturated heterocycles. The van der Waals surface area contributed by atoms with Crippen molar-refractivity contribution >= 4 is 5.97 Å². The standard InChI is InChI=1S/C13H24N2O3/c1-3-18-13(16)11-8-14-6-7-15(11)12(9-17-2)10-4-5-10/h10-12,14H,3-9H2,1-2H3. The second-order valence-corrected chi connectivity index (χ2v) is 5.07. The molecular formula is C13H24N2O3. The van der Waals surface area contributed by atoms with Gasteiger partial charge < -0.3 is 14.8 Å². The van der Waals surface area contributed by atoms with Crippen molar-refractivity contribution in [1.29, 1.82) is 0 Å². The van der Waals surface area contributed by atoms with Crippen LogP contribution < -0.4 is 5.32 Å². The fraction of sp³-hybridized carbons (Fsp3) is 0.923. The van der Waals surface area contributed by atoms with Gasteiger partial charge in [0.1, 0.15) is 6.04 Å². The number of ether oxygens (including phenoxy) is 2. The Morgan fingerprint density at radius 3 is 2.89 bits per heavy atom. The van der Waals surface area contributed by atoms with Crippen molar-refractivity contribution in [2.24, 2.45) is 5.92 Å². The highest BCUT2D eigenvalue weighted by molar-refractivity contribution is 5.76. The number of methoxy groups -OCH3 is 1. The molecule has 1 aliphatic heterocycles. The Morgan fingerprint density at radius 2 is 2.28 bits per heavy atom. The van der Waals surface area contributed by atoms with Crippen LogP contribution in [0.4, 0.5) is 0 Å². The third-order valence-electron chi connectivity index (χ3n) is 3.77. The first kappa shape index (κ1) is 13.8. The van der Waals surface area contributed by atoms with Gasteiger partial charge in [0, 0.05) is 32.8 Å². The van der Waals surface area contributed by atoms with Gasteiger partial charge in [-0.05, 0) is 25.7 Å². The molecule has 2 atom stereocenters. The van der Waals surface area contributed by atoms with Crippen LogP contribution in [-0.2, 0) is 14.3 Å². The second kappa shape index (κ2) is 6.50. The first-order valence-corrected chi connectivity index (χ1v) is 6.90. The highest BCUT2D eigenvalue weighted by Gasteiger charge is 2.41. The third-order valence-corrected chi connectivity index (χ3v) is 3.77. The van der Waals surface area contributed by atoms with Gasteiger partial charge in [0.2, 0.25) is 0 Å². The summed E-state index contributed by atoms with van der Waals surface area (Å²) in [6, 6.07) is 0.214. The average molecular weight is 256 g/mol. The number of nitrogens with one attached hydrogen (secondary N) is 1. The van der Waals surface area contributed by atoms with E-state index in [-0.39, 0.29) is 12.0 Å². The highest BCUT2D eigenvalue weighted by atomic mass is 16.5. The van der Waals surface area contributed by atoms with E-state index in [0.717, 1.165) is 13.1 Å². The van der Waals surface area contributed by atoms with Crippen LogP contribution in [0.1, 0.15) is 19.8 Å². The topological polar surface area (TPSA) is 50.8 Å². The fourth-order valence-corrected chi connectivity index (χ4v) is 2.73. The van der Waals surface area contributed by atoms with Gasteiger partial charge in [-0.3, -0.25) is 9.69 Å². The molecule has 2 unspecified atom stereocenters. The molecule has 2 aliphatic rings. The Bertz CT molecular complexity index is 281. The Kier molecular flexibility index (Phi) is 4.97. The Morgan fingerprint density at radius 1 is 1.50 bits per heavy atom.